The van der Waals surface area contributed by atoms with Gasteiger partial charge in [-0.3, -0.25) is 4.79 Å². The third-order valence-corrected chi connectivity index (χ3v) is 17.4. The van der Waals surface area contributed by atoms with Crippen molar-refractivity contribution in [2.24, 2.45) is 45.3 Å². The van der Waals surface area contributed by atoms with Crippen LogP contribution in [0.25, 0.3) is 0 Å². The van der Waals surface area contributed by atoms with Gasteiger partial charge in [-0.15, -0.1) is 0 Å². The highest BCUT2D eigenvalue weighted by molar-refractivity contribution is 5.65. The summed E-state index contributed by atoms with van der Waals surface area (Å²) in [7, 11) is 0. The van der Waals surface area contributed by atoms with Crippen LogP contribution in [-0.2, 0) is 33.2 Å². The third-order valence-electron chi connectivity index (χ3n) is 17.4. The van der Waals surface area contributed by atoms with Gasteiger partial charge >= 0.3 is 5.97 Å². The summed E-state index contributed by atoms with van der Waals surface area (Å²) in [4.78, 5) is 11.4. The van der Waals surface area contributed by atoms with Crippen LogP contribution < -0.4 is 0 Å². The number of hydrogen-bond acceptors (Lipinski definition) is 13. The van der Waals surface area contributed by atoms with Crippen molar-refractivity contribution in [3.63, 3.8) is 0 Å². The van der Waals surface area contributed by atoms with E-state index in [0.717, 1.165) is 51.4 Å². The highest BCUT2D eigenvalue weighted by atomic mass is 16.7. The molecule has 7 aliphatic rings. The second-order valence-corrected chi connectivity index (χ2v) is 21.2. The summed E-state index contributed by atoms with van der Waals surface area (Å²) in [6, 6.07) is 0. The first-order valence-electron chi connectivity index (χ1n) is 21.4. The smallest absolute Gasteiger partial charge is 0.302 e. The van der Waals surface area contributed by atoms with Crippen LogP contribution in [0.15, 0.2) is 0 Å². The monoisotopic (exact) mass is 796 g/mol. The molecule has 4 saturated carbocycles. The number of carbonyl (C=O) groups is 1. The molecule has 20 atom stereocenters. The molecule has 3 aliphatic heterocycles. The van der Waals surface area contributed by atoms with E-state index in [9.17, 15) is 35.4 Å². The van der Waals surface area contributed by atoms with E-state index in [1.807, 2.05) is 13.8 Å². The lowest BCUT2D eigenvalue weighted by atomic mass is 9.35. The highest BCUT2D eigenvalue weighted by Gasteiger charge is 2.73. The van der Waals surface area contributed by atoms with Gasteiger partial charge in [-0.05, 0) is 131 Å². The lowest BCUT2D eigenvalue weighted by molar-refractivity contribution is -0.332. The molecule has 3 saturated heterocycles. The molecule has 3 heterocycles. The Morgan fingerprint density at radius 3 is 2.04 bits per heavy atom. The predicted octanol–water partition coefficient (Wildman–Crippen LogP) is 3.60. The molecule has 13 nitrogen and oxygen atoms in total. The summed E-state index contributed by atoms with van der Waals surface area (Å²) in [5.74, 6) is 0.137. The van der Waals surface area contributed by atoms with Crippen molar-refractivity contribution in [3.05, 3.63) is 0 Å². The molecular formula is C43H72O13. The van der Waals surface area contributed by atoms with E-state index >= 15 is 0 Å². The molecule has 7 rings (SSSR count). The van der Waals surface area contributed by atoms with Crippen molar-refractivity contribution in [2.75, 3.05) is 6.61 Å². The van der Waals surface area contributed by atoms with Gasteiger partial charge in [0.2, 0.25) is 0 Å². The molecule has 0 amide bonds. The number of aliphatic hydroxyl groups excluding tert-OH is 5. The average molecular weight is 797 g/mol. The largest absolute Gasteiger partial charge is 0.463 e. The van der Waals surface area contributed by atoms with Gasteiger partial charge in [0.05, 0.1) is 35.6 Å². The Morgan fingerprint density at radius 1 is 0.750 bits per heavy atom. The van der Waals surface area contributed by atoms with Crippen LogP contribution in [0.2, 0.25) is 0 Å². The van der Waals surface area contributed by atoms with Crippen LogP contribution in [-0.4, -0.2) is 128 Å². The van der Waals surface area contributed by atoms with E-state index in [2.05, 4.69) is 41.5 Å². The van der Waals surface area contributed by atoms with Crippen molar-refractivity contribution in [1.29, 1.82) is 0 Å². The molecule has 0 aromatic rings. The number of carbonyl (C=O) groups excluding carboxylic acids is 1. The Bertz CT molecular complexity index is 1450. The van der Waals surface area contributed by atoms with E-state index < -0.39 is 72.5 Å². The molecule has 7 fully saturated rings. The van der Waals surface area contributed by atoms with Gasteiger partial charge in [-0.1, -0.05) is 34.6 Å². The second kappa shape index (κ2) is 14.6. The summed E-state index contributed by atoms with van der Waals surface area (Å²) in [5.41, 5.74) is -2.16. The molecular weight excluding hydrogens is 724 g/mol. The van der Waals surface area contributed by atoms with Crippen molar-refractivity contribution in [2.45, 2.75) is 212 Å². The lowest BCUT2D eigenvalue weighted by Crippen LogP contribution is -2.68. The van der Waals surface area contributed by atoms with Crippen LogP contribution in [0, 0.1) is 45.3 Å². The van der Waals surface area contributed by atoms with Crippen LogP contribution in [0.1, 0.15) is 127 Å². The molecule has 13 heteroatoms. The summed E-state index contributed by atoms with van der Waals surface area (Å²) in [6.45, 7) is 20.5. The Kier molecular flexibility index (Phi) is 11.2. The fourth-order valence-corrected chi connectivity index (χ4v) is 14.0. The minimum absolute atomic E-state index is 0.0459. The Morgan fingerprint density at radius 2 is 1.39 bits per heavy atom. The first kappa shape index (κ1) is 43.1. The number of rotatable bonds is 8. The van der Waals surface area contributed by atoms with Gasteiger partial charge in [0.25, 0.3) is 0 Å². The fourth-order valence-electron chi connectivity index (χ4n) is 14.0. The second-order valence-electron chi connectivity index (χ2n) is 21.2. The van der Waals surface area contributed by atoms with Gasteiger partial charge in [0.1, 0.15) is 43.2 Å². The van der Waals surface area contributed by atoms with Crippen LogP contribution in [0.5, 0.6) is 0 Å². The molecule has 6 N–H and O–H groups in total. The van der Waals surface area contributed by atoms with Crippen molar-refractivity contribution in [3.8, 4) is 0 Å². The van der Waals surface area contributed by atoms with Crippen LogP contribution in [0.4, 0.5) is 0 Å². The van der Waals surface area contributed by atoms with E-state index in [1.54, 1.807) is 6.92 Å². The minimum Gasteiger partial charge on any atom is -0.463 e. The van der Waals surface area contributed by atoms with Gasteiger partial charge in [0.15, 0.2) is 12.6 Å². The quantitative estimate of drug-likeness (QED) is 0.154. The number of ether oxygens (including phenoxy) is 6. The number of aliphatic hydroxyl groups is 6. The maximum Gasteiger partial charge on any atom is 0.302 e. The first-order chi connectivity index (χ1) is 25.9. The van der Waals surface area contributed by atoms with Crippen LogP contribution >= 0.6 is 0 Å². The fraction of sp³-hybridized carbons (Fsp3) is 0.977. The van der Waals surface area contributed by atoms with Gasteiger partial charge in [-0.2, -0.15) is 0 Å². The van der Waals surface area contributed by atoms with Crippen molar-refractivity contribution in [1.82, 2.24) is 0 Å². The minimum atomic E-state index is -1.42. The zero-order valence-electron chi connectivity index (χ0n) is 35.3. The summed E-state index contributed by atoms with van der Waals surface area (Å²) in [6.07, 6.45) is -3.42. The molecule has 20 unspecified atom stereocenters. The zero-order chi connectivity index (χ0) is 41.1. The number of fused-ring (bicyclic) bond motifs is 5. The average Bonchev–Trinajstić information content (AvgIpc) is 3.78. The standard InChI is InChI=1S/C43H72O13/c1-21-31(45)33(47)35(49)36(52-21)53-24-19-27-40(7)15-13-28(55-37-34(48)32(46)25(54-37)20-51-22(2)44)38(3,4)26(40)12-17-41(27,8)42(9)16-11-23(30(24)42)43(10)18-14-29(56-43)39(5,6)50/h21,23-37,45-50H,11-20H2,1-10H3. The molecule has 0 spiro atoms. The molecule has 56 heavy (non-hydrogen) atoms. The summed E-state index contributed by atoms with van der Waals surface area (Å²) < 4.78 is 37.6. The first-order valence-corrected chi connectivity index (χ1v) is 21.4. The highest BCUT2D eigenvalue weighted by Crippen LogP contribution is 2.76. The molecule has 4 aliphatic carbocycles. The maximum absolute atomic E-state index is 11.4. The van der Waals surface area contributed by atoms with Gasteiger partial charge < -0.3 is 59.1 Å². The van der Waals surface area contributed by atoms with Crippen molar-refractivity contribution >= 4 is 5.97 Å². The Hall–Kier alpha value is -0.970. The Labute approximate surface area is 333 Å². The van der Waals surface area contributed by atoms with E-state index in [0.29, 0.717) is 6.42 Å². The van der Waals surface area contributed by atoms with Gasteiger partial charge in [0, 0.05) is 6.92 Å². The molecule has 0 bridgehead atoms. The SMILES string of the molecule is CC(=O)OCC1OC(OC2CCC3(C)C(CCC4(C)C3CC(OC3OC(C)C(O)C(O)C3O)C3C(C5(C)CCC(C(C)(C)O)O5)CCC34C)C2(C)C)C(O)C1O. The van der Waals surface area contributed by atoms with E-state index in [-0.39, 0.29) is 70.3 Å². The Balaban J connectivity index is 1.19. The zero-order valence-corrected chi connectivity index (χ0v) is 35.3. The normalized spacial score (nSPS) is 54.3. The molecule has 0 radical (unpaired) electrons. The third kappa shape index (κ3) is 6.73. The topological polar surface area (TPSA) is 194 Å². The number of esters is 1. The predicted molar refractivity (Wildman–Crippen MR) is 203 cm³/mol. The van der Waals surface area contributed by atoms with Crippen LogP contribution in [0.3, 0.4) is 0 Å². The van der Waals surface area contributed by atoms with Crippen molar-refractivity contribution < 1.29 is 63.9 Å². The molecule has 0 aromatic heterocycles. The lowest BCUT2D eigenvalue weighted by Gasteiger charge is -2.71. The van der Waals surface area contributed by atoms with Gasteiger partial charge in [-0.25, -0.2) is 0 Å². The number of hydrogen-bond donors (Lipinski definition) is 6. The van der Waals surface area contributed by atoms with E-state index in [1.165, 1.54) is 6.92 Å². The maximum atomic E-state index is 11.4. The molecule has 0 aromatic carbocycles. The van der Waals surface area contributed by atoms with E-state index in [4.69, 9.17) is 28.4 Å². The summed E-state index contributed by atoms with van der Waals surface area (Å²) in [5, 5.41) is 65.3. The molecule has 322 valence electrons. The summed E-state index contributed by atoms with van der Waals surface area (Å²) >= 11 is 0.